The number of hydrogen-bond acceptors (Lipinski definition) is 2. The second-order valence-electron chi connectivity index (χ2n) is 7.97. The van der Waals surface area contributed by atoms with Crippen LogP contribution in [0.1, 0.15) is 20.3 Å². The van der Waals surface area contributed by atoms with Crippen molar-refractivity contribution in [2.45, 2.75) is 20.3 Å². The van der Waals surface area contributed by atoms with Crippen LogP contribution < -0.4 is 0 Å². The van der Waals surface area contributed by atoms with E-state index in [2.05, 4.69) is 26.0 Å². The monoisotopic (exact) mass is 252 g/mol. The third-order valence-electron chi connectivity index (χ3n) is 8.77. The van der Waals surface area contributed by atoms with Gasteiger partial charge in [-0.05, 0) is 29.1 Å². The highest BCUT2D eigenvalue weighted by atomic mass is 16.2. The van der Waals surface area contributed by atoms with E-state index < -0.39 is 10.8 Å². The highest BCUT2D eigenvalue weighted by Crippen LogP contribution is 3.00. The molecule has 0 unspecified atom stereocenters. The van der Waals surface area contributed by atoms with Gasteiger partial charge >= 0.3 is 0 Å². The number of Topliss-reactive ketones (excluding diaryl/α,β-unsaturated/α-hetero) is 2. The number of ketones is 2. The summed E-state index contributed by atoms with van der Waals surface area (Å²) in [5.41, 5.74) is -0.873. The molecule has 6 aliphatic carbocycles. The number of carbonyl (C=O) groups excluding carboxylic acids is 2. The Hall–Kier alpha value is -1.18. The number of hydrogen-bond donors (Lipinski definition) is 0. The minimum absolute atomic E-state index is 0.0380. The minimum Gasteiger partial charge on any atom is -0.298 e. The van der Waals surface area contributed by atoms with Crippen LogP contribution in [-0.2, 0) is 9.59 Å². The molecular weight excluding hydrogens is 236 g/mol. The Morgan fingerprint density at radius 3 is 1.74 bits per heavy atom. The molecule has 0 aromatic carbocycles. The highest BCUT2D eigenvalue weighted by molar-refractivity contribution is 6.15. The Balaban J connectivity index is 1.88. The zero-order valence-corrected chi connectivity index (χ0v) is 11.1. The summed E-state index contributed by atoms with van der Waals surface area (Å²) in [5, 5.41) is 0. The number of allylic oxidation sites excluding steroid dienone is 4. The van der Waals surface area contributed by atoms with E-state index in [1.54, 1.807) is 0 Å². The van der Waals surface area contributed by atoms with Gasteiger partial charge in [0.2, 0.25) is 0 Å². The van der Waals surface area contributed by atoms with Crippen LogP contribution in [0.25, 0.3) is 0 Å². The molecule has 0 aromatic heterocycles. The Morgan fingerprint density at radius 2 is 1.32 bits per heavy atom. The van der Waals surface area contributed by atoms with Crippen molar-refractivity contribution in [3.63, 3.8) is 0 Å². The SMILES string of the molecule is C[C@]12[C@H]3C[C@@H]4[C@H]5C(=O)[C@@]6(C=CC=C[C@]61C(=O)[C@H]53)[C@@]42C. The summed E-state index contributed by atoms with van der Waals surface area (Å²) in [6, 6.07) is 0. The summed E-state index contributed by atoms with van der Waals surface area (Å²) >= 11 is 0. The van der Waals surface area contributed by atoms with Crippen LogP contribution in [0.15, 0.2) is 24.3 Å². The van der Waals surface area contributed by atoms with Gasteiger partial charge in [0, 0.05) is 11.8 Å². The summed E-state index contributed by atoms with van der Waals surface area (Å²) in [7, 11) is 0. The second kappa shape index (κ2) is 2.01. The van der Waals surface area contributed by atoms with E-state index in [9.17, 15) is 9.59 Å². The Labute approximate surface area is 111 Å². The molecule has 0 saturated heterocycles. The molecule has 0 amide bonds. The first-order valence-electron chi connectivity index (χ1n) is 7.46. The van der Waals surface area contributed by atoms with E-state index in [1.807, 2.05) is 12.2 Å². The Kier molecular flexibility index (Phi) is 1.02. The summed E-state index contributed by atoms with van der Waals surface area (Å²) in [6.45, 7) is 4.62. The Bertz CT molecular complexity index is 629. The lowest BCUT2D eigenvalue weighted by molar-refractivity contribution is -0.239. The van der Waals surface area contributed by atoms with E-state index in [0.29, 0.717) is 23.4 Å². The topological polar surface area (TPSA) is 34.1 Å². The maximum absolute atomic E-state index is 13.1. The number of fused-ring (bicyclic) bond motifs is 1. The zero-order chi connectivity index (χ0) is 13.0. The molecule has 0 radical (unpaired) electrons. The molecule has 2 heteroatoms. The van der Waals surface area contributed by atoms with Crippen molar-refractivity contribution in [2.24, 2.45) is 45.3 Å². The average Bonchev–Trinajstić information content (AvgIpc) is 2.94. The molecule has 96 valence electrons. The van der Waals surface area contributed by atoms with E-state index in [1.165, 1.54) is 0 Å². The highest BCUT2D eigenvalue weighted by Gasteiger charge is 3.03. The van der Waals surface area contributed by atoms with Crippen molar-refractivity contribution < 1.29 is 9.59 Å². The van der Waals surface area contributed by atoms with Gasteiger partial charge in [-0.3, -0.25) is 9.59 Å². The predicted molar refractivity (Wildman–Crippen MR) is 68.0 cm³/mol. The lowest BCUT2D eigenvalue weighted by atomic mass is 9.26. The second-order valence-corrected chi connectivity index (χ2v) is 7.97. The van der Waals surface area contributed by atoms with Gasteiger partial charge in [0.25, 0.3) is 0 Å². The van der Waals surface area contributed by atoms with Gasteiger partial charge in [0.15, 0.2) is 0 Å². The van der Waals surface area contributed by atoms with Crippen molar-refractivity contribution in [1.29, 1.82) is 0 Å². The third-order valence-corrected chi connectivity index (χ3v) is 8.77. The lowest BCUT2D eigenvalue weighted by Crippen LogP contribution is -2.76. The molecule has 2 bridgehead atoms. The molecule has 0 aliphatic heterocycles. The smallest absolute Gasteiger partial charge is 0.148 e. The minimum atomic E-state index is -0.475. The lowest BCUT2D eigenvalue weighted by Gasteiger charge is -2.73. The maximum atomic E-state index is 13.1. The summed E-state index contributed by atoms with van der Waals surface area (Å²) < 4.78 is 0. The van der Waals surface area contributed by atoms with Gasteiger partial charge in [-0.15, -0.1) is 0 Å². The van der Waals surface area contributed by atoms with Crippen molar-refractivity contribution in [3.05, 3.63) is 24.3 Å². The molecule has 0 heterocycles. The normalized spacial score (nSPS) is 72.1. The van der Waals surface area contributed by atoms with Crippen LogP contribution in [0.3, 0.4) is 0 Å². The van der Waals surface area contributed by atoms with Gasteiger partial charge in [-0.25, -0.2) is 0 Å². The van der Waals surface area contributed by atoms with Crippen molar-refractivity contribution in [1.82, 2.24) is 0 Å². The van der Waals surface area contributed by atoms with Crippen LogP contribution in [0.4, 0.5) is 0 Å². The van der Waals surface area contributed by atoms with Crippen LogP contribution in [0.5, 0.6) is 0 Å². The first-order valence-corrected chi connectivity index (χ1v) is 7.46. The first-order chi connectivity index (χ1) is 9.00. The molecule has 6 rings (SSSR count). The van der Waals surface area contributed by atoms with Crippen LogP contribution in [0, 0.1) is 45.3 Å². The maximum Gasteiger partial charge on any atom is 0.148 e. The van der Waals surface area contributed by atoms with Crippen molar-refractivity contribution in [3.8, 4) is 0 Å². The number of rotatable bonds is 0. The fraction of sp³-hybridized carbons (Fsp3) is 0.647. The fourth-order valence-corrected chi connectivity index (χ4v) is 8.48. The molecule has 0 aromatic rings. The molecule has 5 saturated carbocycles. The molecule has 19 heavy (non-hydrogen) atoms. The predicted octanol–water partition coefficient (Wildman–Crippen LogP) is 2.16. The first kappa shape index (κ1) is 9.68. The van der Waals surface area contributed by atoms with Gasteiger partial charge in [-0.1, -0.05) is 38.2 Å². The largest absolute Gasteiger partial charge is 0.298 e. The van der Waals surface area contributed by atoms with E-state index in [0.717, 1.165) is 6.42 Å². The van der Waals surface area contributed by atoms with E-state index >= 15 is 0 Å². The molecule has 2 nitrogen and oxygen atoms in total. The van der Waals surface area contributed by atoms with Crippen LogP contribution in [-0.4, -0.2) is 11.6 Å². The fourth-order valence-electron chi connectivity index (χ4n) is 8.48. The quantitative estimate of drug-likeness (QED) is 0.662. The average molecular weight is 252 g/mol. The molecule has 5 fully saturated rings. The van der Waals surface area contributed by atoms with Crippen molar-refractivity contribution >= 4 is 11.6 Å². The molecule has 2 spiro atoms. The number of carbonyl (C=O) groups is 2. The summed E-state index contributed by atoms with van der Waals surface area (Å²) in [4.78, 5) is 26.2. The molecule has 6 aliphatic rings. The van der Waals surface area contributed by atoms with Gasteiger partial charge in [0.1, 0.15) is 11.6 Å². The van der Waals surface area contributed by atoms with Crippen LogP contribution in [0.2, 0.25) is 0 Å². The zero-order valence-electron chi connectivity index (χ0n) is 11.1. The van der Waals surface area contributed by atoms with Crippen LogP contribution >= 0.6 is 0 Å². The van der Waals surface area contributed by atoms with E-state index in [4.69, 9.17) is 0 Å². The standard InChI is InChI=1S/C17H16O2/c1-14-8-7-9-11-10(8)12(18)16(14)5-3-4-6-17(16,13(11)19)15(9,14)2/h3-6,8-11H,7H2,1-2H3/t8-,9+,10-,11+,14+,15-,16+,17-. The van der Waals surface area contributed by atoms with Gasteiger partial charge in [-0.2, -0.15) is 0 Å². The van der Waals surface area contributed by atoms with Crippen molar-refractivity contribution in [2.75, 3.05) is 0 Å². The third kappa shape index (κ3) is 0.438. The van der Waals surface area contributed by atoms with Gasteiger partial charge in [0.05, 0.1) is 10.8 Å². The van der Waals surface area contributed by atoms with E-state index in [-0.39, 0.29) is 22.7 Å². The molecule has 8 atom stereocenters. The molecule has 0 N–H and O–H groups in total. The summed E-state index contributed by atoms with van der Waals surface area (Å²) in [6.07, 6.45) is 9.34. The van der Waals surface area contributed by atoms with Gasteiger partial charge < -0.3 is 0 Å². The Morgan fingerprint density at radius 1 is 0.895 bits per heavy atom. The molecular formula is C17H16O2. The summed E-state index contributed by atoms with van der Waals surface area (Å²) in [5.74, 6) is 1.86.